The second kappa shape index (κ2) is 6.54. The molecule has 1 heterocycles. The standard InChI is InChI=1S/C15H16N2O2/c1-2-19-14-7-5-13(6-8-14)17-15(18)10-12-4-3-9-16-11-12/h3-9,11H,2,10H2,1H3,(H,17,18). The third-order valence-electron chi connectivity index (χ3n) is 2.54. The number of carbonyl (C=O) groups is 1. The lowest BCUT2D eigenvalue weighted by atomic mass is 10.2. The molecule has 0 spiro atoms. The molecule has 1 aromatic carbocycles. The summed E-state index contributed by atoms with van der Waals surface area (Å²) in [5, 5.41) is 2.84. The minimum atomic E-state index is -0.0582. The minimum Gasteiger partial charge on any atom is -0.494 e. The van der Waals surface area contributed by atoms with E-state index in [2.05, 4.69) is 10.3 Å². The lowest BCUT2D eigenvalue weighted by molar-refractivity contribution is -0.115. The Balaban J connectivity index is 1.91. The number of rotatable bonds is 5. The summed E-state index contributed by atoms with van der Waals surface area (Å²) in [6, 6.07) is 11.0. The number of carbonyl (C=O) groups excluding carboxylic acids is 1. The van der Waals surface area contributed by atoms with Crippen LogP contribution in [0.2, 0.25) is 0 Å². The number of amides is 1. The van der Waals surface area contributed by atoms with E-state index in [1.54, 1.807) is 12.4 Å². The normalized spacial score (nSPS) is 9.95. The highest BCUT2D eigenvalue weighted by atomic mass is 16.5. The van der Waals surface area contributed by atoms with Crippen molar-refractivity contribution in [1.82, 2.24) is 4.98 Å². The first-order chi connectivity index (χ1) is 9.28. The van der Waals surface area contributed by atoms with Crippen LogP contribution in [0, 0.1) is 0 Å². The summed E-state index contributed by atoms with van der Waals surface area (Å²) in [6.07, 6.45) is 3.70. The van der Waals surface area contributed by atoms with Gasteiger partial charge in [0.25, 0.3) is 0 Å². The van der Waals surface area contributed by atoms with E-state index in [1.165, 1.54) is 0 Å². The van der Waals surface area contributed by atoms with Gasteiger partial charge >= 0.3 is 0 Å². The van der Waals surface area contributed by atoms with Gasteiger partial charge in [-0.05, 0) is 42.8 Å². The van der Waals surface area contributed by atoms with Crippen molar-refractivity contribution in [1.29, 1.82) is 0 Å². The van der Waals surface area contributed by atoms with Crippen LogP contribution in [0.25, 0.3) is 0 Å². The zero-order valence-electron chi connectivity index (χ0n) is 10.8. The van der Waals surface area contributed by atoms with E-state index in [4.69, 9.17) is 4.74 Å². The molecule has 0 aliphatic rings. The van der Waals surface area contributed by atoms with Crippen molar-refractivity contribution in [2.24, 2.45) is 0 Å². The third-order valence-corrected chi connectivity index (χ3v) is 2.54. The molecule has 98 valence electrons. The molecule has 0 aliphatic carbocycles. The Morgan fingerprint density at radius 1 is 1.26 bits per heavy atom. The van der Waals surface area contributed by atoms with Crippen LogP contribution in [-0.4, -0.2) is 17.5 Å². The maximum Gasteiger partial charge on any atom is 0.228 e. The molecule has 0 saturated carbocycles. The number of aromatic nitrogens is 1. The highest BCUT2D eigenvalue weighted by Crippen LogP contribution is 2.15. The Kier molecular flexibility index (Phi) is 4.50. The van der Waals surface area contributed by atoms with Crippen LogP contribution in [-0.2, 0) is 11.2 Å². The Bertz CT molecular complexity index is 524. The number of hydrogen-bond acceptors (Lipinski definition) is 3. The van der Waals surface area contributed by atoms with Crippen molar-refractivity contribution in [2.45, 2.75) is 13.3 Å². The summed E-state index contributed by atoms with van der Waals surface area (Å²) in [4.78, 5) is 15.8. The molecule has 0 fully saturated rings. The van der Waals surface area contributed by atoms with Crippen LogP contribution in [0.15, 0.2) is 48.8 Å². The van der Waals surface area contributed by atoms with Gasteiger partial charge in [-0.25, -0.2) is 0 Å². The predicted molar refractivity (Wildman–Crippen MR) is 74.2 cm³/mol. The van der Waals surface area contributed by atoms with Crippen LogP contribution < -0.4 is 10.1 Å². The van der Waals surface area contributed by atoms with Crippen molar-refractivity contribution in [3.63, 3.8) is 0 Å². The van der Waals surface area contributed by atoms with E-state index in [-0.39, 0.29) is 5.91 Å². The van der Waals surface area contributed by atoms with E-state index < -0.39 is 0 Å². The van der Waals surface area contributed by atoms with Crippen LogP contribution in [0.4, 0.5) is 5.69 Å². The Labute approximate surface area is 112 Å². The molecule has 0 bridgehead atoms. The number of nitrogens with zero attached hydrogens (tertiary/aromatic N) is 1. The molecule has 2 aromatic rings. The maximum absolute atomic E-state index is 11.8. The van der Waals surface area contributed by atoms with E-state index in [0.29, 0.717) is 13.0 Å². The first kappa shape index (κ1) is 13.1. The largest absolute Gasteiger partial charge is 0.494 e. The number of hydrogen-bond donors (Lipinski definition) is 1. The summed E-state index contributed by atoms with van der Waals surface area (Å²) in [5.74, 6) is 0.741. The highest BCUT2D eigenvalue weighted by molar-refractivity contribution is 5.92. The van der Waals surface area contributed by atoms with Crippen molar-refractivity contribution >= 4 is 11.6 Å². The third kappa shape index (κ3) is 4.10. The fraction of sp³-hybridized carbons (Fsp3) is 0.200. The summed E-state index contributed by atoms with van der Waals surface area (Å²) in [5.41, 5.74) is 1.66. The average Bonchev–Trinajstić information content (AvgIpc) is 2.42. The summed E-state index contributed by atoms with van der Waals surface area (Å²) in [7, 11) is 0. The Morgan fingerprint density at radius 2 is 2.05 bits per heavy atom. The van der Waals surface area contributed by atoms with Crippen LogP contribution >= 0.6 is 0 Å². The zero-order valence-corrected chi connectivity index (χ0v) is 10.8. The van der Waals surface area contributed by atoms with Crippen molar-refractivity contribution < 1.29 is 9.53 Å². The Hall–Kier alpha value is -2.36. The van der Waals surface area contributed by atoms with E-state index in [0.717, 1.165) is 17.0 Å². The van der Waals surface area contributed by atoms with Gasteiger partial charge in [0, 0.05) is 18.1 Å². The van der Waals surface area contributed by atoms with Crippen molar-refractivity contribution in [3.05, 3.63) is 54.4 Å². The number of pyridine rings is 1. The van der Waals surface area contributed by atoms with Gasteiger partial charge in [-0.2, -0.15) is 0 Å². The van der Waals surface area contributed by atoms with Gasteiger partial charge in [0.1, 0.15) is 5.75 Å². The summed E-state index contributed by atoms with van der Waals surface area (Å²) in [6.45, 7) is 2.57. The number of ether oxygens (including phenoxy) is 1. The van der Waals surface area contributed by atoms with Gasteiger partial charge in [0.2, 0.25) is 5.91 Å². The molecule has 0 unspecified atom stereocenters. The van der Waals surface area contributed by atoms with Gasteiger partial charge in [-0.15, -0.1) is 0 Å². The van der Waals surface area contributed by atoms with Crippen LogP contribution in [0.1, 0.15) is 12.5 Å². The molecule has 1 N–H and O–H groups in total. The maximum atomic E-state index is 11.8. The fourth-order valence-electron chi connectivity index (χ4n) is 1.69. The number of nitrogens with one attached hydrogen (secondary N) is 1. The molecule has 0 aliphatic heterocycles. The minimum absolute atomic E-state index is 0.0582. The van der Waals surface area contributed by atoms with Gasteiger partial charge in [-0.1, -0.05) is 6.07 Å². The molecule has 0 atom stereocenters. The monoisotopic (exact) mass is 256 g/mol. The van der Waals surface area contributed by atoms with Crippen LogP contribution in [0.5, 0.6) is 5.75 Å². The smallest absolute Gasteiger partial charge is 0.228 e. The van der Waals surface area contributed by atoms with E-state index in [1.807, 2.05) is 43.3 Å². The molecule has 19 heavy (non-hydrogen) atoms. The van der Waals surface area contributed by atoms with Gasteiger partial charge in [-0.3, -0.25) is 9.78 Å². The first-order valence-electron chi connectivity index (χ1n) is 6.19. The lowest BCUT2D eigenvalue weighted by Gasteiger charge is -2.07. The average molecular weight is 256 g/mol. The van der Waals surface area contributed by atoms with E-state index >= 15 is 0 Å². The number of anilines is 1. The fourth-order valence-corrected chi connectivity index (χ4v) is 1.69. The second-order valence-corrected chi connectivity index (χ2v) is 4.04. The molecular formula is C15H16N2O2. The number of benzene rings is 1. The van der Waals surface area contributed by atoms with E-state index in [9.17, 15) is 4.79 Å². The van der Waals surface area contributed by atoms with Crippen molar-refractivity contribution in [3.8, 4) is 5.75 Å². The first-order valence-corrected chi connectivity index (χ1v) is 6.19. The van der Waals surface area contributed by atoms with Gasteiger partial charge in [0.15, 0.2) is 0 Å². The topological polar surface area (TPSA) is 51.2 Å². The lowest BCUT2D eigenvalue weighted by Crippen LogP contribution is -2.14. The van der Waals surface area contributed by atoms with Crippen molar-refractivity contribution in [2.75, 3.05) is 11.9 Å². The zero-order chi connectivity index (χ0) is 13.5. The molecule has 0 radical (unpaired) electrons. The Morgan fingerprint density at radius 3 is 2.68 bits per heavy atom. The molecule has 1 amide bonds. The summed E-state index contributed by atoms with van der Waals surface area (Å²) < 4.78 is 5.34. The predicted octanol–water partition coefficient (Wildman–Crippen LogP) is 2.66. The molecule has 0 saturated heterocycles. The molecule has 4 heteroatoms. The quantitative estimate of drug-likeness (QED) is 0.894. The molecule has 4 nitrogen and oxygen atoms in total. The molecule has 1 aromatic heterocycles. The summed E-state index contributed by atoms with van der Waals surface area (Å²) >= 11 is 0. The second-order valence-electron chi connectivity index (χ2n) is 4.04. The molecular weight excluding hydrogens is 240 g/mol. The highest BCUT2D eigenvalue weighted by Gasteiger charge is 2.04. The van der Waals surface area contributed by atoms with Crippen LogP contribution in [0.3, 0.4) is 0 Å². The SMILES string of the molecule is CCOc1ccc(NC(=O)Cc2cccnc2)cc1. The van der Waals surface area contributed by atoms with Gasteiger partial charge < -0.3 is 10.1 Å². The van der Waals surface area contributed by atoms with Gasteiger partial charge in [0.05, 0.1) is 13.0 Å². The molecule has 2 rings (SSSR count).